The van der Waals surface area contributed by atoms with Crippen LogP contribution in [-0.4, -0.2) is 84.4 Å². The Balaban J connectivity index is 1.57. The number of ether oxygens (including phenoxy) is 1. The fraction of sp³-hybridized carbons (Fsp3) is 0.500. The Bertz CT molecular complexity index is 905. The number of hydrogen-bond acceptors (Lipinski definition) is 5. The molecule has 2 amide bonds. The number of piperazine rings is 1. The maximum absolute atomic E-state index is 13.2. The zero-order valence-corrected chi connectivity index (χ0v) is 18.4. The van der Waals surface area contributed by atoms with Gasteiger partial charge >= 0.3 is 0 Å². The van der Waals surface area contributed by atoms with E-state index in [1.807, 2.05) is 13.8 Å². The minimum Gasteiger partial charge on any atom is -0.385 e. The molecule has 1 saturated heterocycles. The number of methoxy groups -OCH3 is 1. The van der Waals surface area contributed by atoms with Crippen LogP contribution in [0.25, 0.3) is 5.69 Å². The van der Waals surface area contributed by atoms with Gasteiger partial charge in [-0.25, -0.2) is 9.07 Å². The van der Waals surface area contributed by atoms with Crippen LogP contribution in [0.5, 0.6) is 0 Å². The first kappa shape index (κ1) is 22.9. The van der Waals surface area contributed by atoms with Crippen molar-refractivity contribution in [2.45, 2.75) is 20.3 Å². The lowest BCUT2D eigenvalue weighted by Crippen LogP contribution is -2.51. The average molecular weight is 432 g/mol. The summed E-state index contributed by atoms with van der Waals surface area (Å²) >= 11 is 0. The van der Waals surface area contributed by atoms with E-state index in [0.717, 1.165) is 12.1 Å². The number of aromatic nitrogens is 2. The molecular formula is C22H30FN5O3. The van der Waals surface area contributed by atoms with Crippen molar-refractivity contribution in [3.8, 4) is 5.69 Å². The smallest absolute Gasteiger partial charge is 0.257 e. The van der Waals surface area contributed by atoms with Crippen molar-refractivity contribution in [3.63, 3.8) is 0 Å². The van der Waals surface area contributed by atoms with Gasteiger partial charge in [0.05, 0.1) is 29.2 Å². The molecule has 1 aliphatic rings. The molecule has 1 aromatic carbocycles. The van der Waals surface area contributed by atoms with Gasteiger partial charge in [-0.15, -0.1) is 0 Å². The second-order valence-corrected chi connectivity index (χ2v) is 7.70. The van der Waals surface area contributed by atoms with E-state index in [2.05, 4.69) is 15.3 Å². The summed E-state index contributed by atoms with van der Waals surface area (Å²) in [6.45, 7) is 7.59. The molecule has 3 rings (SSSR count). The molecule has 1 aliphatic heterocycles. The molecule has 1 N–H and O–H groups in total. The standard InChI is InChI=1S/C22H30FN5O3/c1-16-21(17(2)28(25-16)19-7-5-18(23)6-8-19)22(30)27-12-10-26(11-13-27)15-20(29)24-9-4-14-31-3/h5-8H,4,9-15H2,1-3H3,(H,24,29). The Hall–Kier alpha value is -2.78. The van der Waals surface area contributed by atoms with Crippen molar-refractivity contribution >= 4 is 11.8 Å². The van der Waals surface area contributed by atoms with Crippen LogP contribution in [0, 0.1) is 19.7 Å². The molecule has 0 unspecified atom stereocenters. The number of nitrogens with one attached hydrogen (secondary N) is 1. The van der Waals surface area contributed by atoms with Gasteiger partial charge in [-0.1, -0.05) is 0 Å². The van der Waals surface area contributed by atoms with Gasteiger partial charge in [-0.05, 0) is 44.5 Å². The van der Waals surface area contributed by atoms with Crippen LogP contribution in [0.1, 0.15) is 28.2 Å². The highest BCUT2D eigenvalue weighted by atomic mass is 19.1. The third kappa shape index (κ3) is 5.68. The Morgan fingerprint density at radius 1 is 1.13 bits per heavy atom. The van der Waals surface area contributed by atoms with Gasteiger partial charge in [-0.3, -0.25) is 14.5 Å². The maximum atomic E-state index is 13.2. The summed E-state index contributed by atoms with van der Waals surface area (Å²) in [6.07, 6.45) is 0.787. The average Bonchev–Trinajstić information content (AvgIpc) is 3.06. The molecular weight excluding hydrogens is 401 g/mol. The summed E-state index contributed by atoms with van der Waals surface area (Å²) in [6, 6.07) is 6.03. The minimum atomic E-state index is -0.317. The molecule has 1 aromatic heterocycles. The predicted molar refractivity (Wildman–Crippen MR) is 115 cm³/mol. The van der Waals surface area contributed by atoms with E-state index in [-0.39, 0.29) is 17.6 Å². The fourth-order valence-corrected chi connectivity index (χ4v) is 3.76. The third-order valence-corrected chi connectivity index (χ3v) is 5.45. The van der Waals surface area contributed by atoms with Crippen LogP contribution in [0.15, 0.2) is 24.3 Å². The molecule has 0 saturated carbocycles. The van der Waals surface area contributed by atoms with Gasteiger partial charge < -0.3 is 15.0 Å². The van der Waals surface area contributed by atoms with E-state index in [9.17, 15) is 14.0 Å². The lowest BCUT2D eigenvalue weighted by Gasteiger charge is -2.34. The monoisotopic (exact) mass is 431 g/mol. The van der Waals surface area contributed by atoms with Crippen molar-refractivity contribution in [2.24, 2.45) is 0 Å². The maximum Gasteiger partial charge on any atom is 0.257 e. The van der Waals surface area contributed by atoms with Gasteiger partial charge in [-0.2, -0.15) is 5.10 Å². The van der Waals surface area contributed by atoms with Crippen LogP contribution in [0.2, 0.25) is 0 Å². The summed E-state index contributed by atoms with van der Waals surface area (Å²) in [5.74, 6) is -0.390. The van der Waals surface area contributed by atoms with Gasteiger partial charge in [0.1, 0.15) is 5.82 Å². The van der Waals surface area contributed by atoms with E-state index in [0.29, 0.717) is 62.8 Å². The number of hydrogen-bond donors (Lipinski definition) is 1. The van der Waals surface area contributed by atoms with Crippen LogP contribution < -0.4 is 5.32 Å². The molecule has 168 valence electrons. The van der Waals surface area contributed by atoms with E-state index >= 15 is 0 Å². The number of amides is 2. The molecule has 0 spiro atoms. The van der Waals surface area contributed by atoms with E-state index in [1.165, 1.54) is 12.1 Å². The highest BCUT2D eigenvalue weighted by Crippen LogP contribution is 2.20. The number of rotatable bonds is 8. The predicted octanol–water partition coefficient (Wildman–Crippen LogP) is 1.54. The molecule has 0 bridgehead atoms. The van der Waals surface area contributed by atoms with E-state index < -0.39 is 0 Å². The lowest BCUT2D eigenvalue weighted by atomic mass is 10.1. The molecule has 0 aliphatic carbocycles. The normalized spacial score (nSPS) is 14.6. The topological polar surface area (TPSA) is 79.7 Å². The van der Waals surface area contributed by atoms with Crippen LogP contribution in [0.4, 0.5) is 4.39 Å². The number of halogens is 1. The number of nitrogens with zero attached hydrogens (tertiary/aromatic N) is 4. The van der Waals surface area contributed by atoms with Crippen molar-refractivity contribution in [3.05, 3.63) is 47.0 Å². The van der Waals surface area contributed by atoms with E-state index in [1.54, 1.807) is 28.8 Å². The Kier molecular flexibility index (Phi) is 7.75. The molecule has 9 heteroatoms. The van der Waals surface area contributed by atoms with Gasteiger partial charge in [0.15, 0.2) is 0 Å². The molecule has 2 heterocycles. The summed E-state index contributed by atoms with van der Waals surface area (Å²) in [4.78, 5) is 29.1. The molecule has 0 radical (unpaired) electrons. The van der Waals surface area contributed by atoms with E-state index in [4.69, 9.17) is 4.74 Å². The molecule has 31 heavy (non-hydrogen) atoms. The first-order valence-corrected chi connectivity index (χ1v) is 10.5. The Labute approximate surface area is 182 Å². The van der Waals surface area contributed by atoms with Gasteiger partial charge in [0.25, 0.3) is 5.91 Å². The summed E-state index contributed by atoms with van der Waals surface area (Å²) in [5.41, 5.74) is 2.66. The summed E-state index contributed by atoms with van der Waals surface area (Å²) in [5, 5.41) is 7.38. The minimum absolute atomic E-state index is 0.0110. The zero-order chi connectivity index (χ0) is 22.4. The first-order valence-electron chi connectivity index (χ1n) is 10.5. The van der Waals surface area contributed by atoms with Crippen molar-refractivity contribution in [1.82, 2.24) is 24.9 Å². The van der Waals surface area contributed by atoms with Crippen molar-refractivity contribution < 1.29 is 18.7 Å². The lowest BCUT2D eigenvalue weighted by molar-refractivity contribution is -0.122. The quantitative estimate of drug-likeness (QED) is 0.642. The second-order valence-electron chi connectivity index (χ2n) is 7.70. The fourth-order valence-electron chi connectivity index (χ4n) is 3.76. The Morgan fingerprint density at radius 3 is 2.45 bits per heavy atom. The molecule has 2 aromatic rings. The largest absolute Gasteiger partial charge is 0.385 e. The number of benzene rings is 1. The Morgan fingerprint density at radius 2 is 1.81 bits per heavy atom. The summed E-state index contributed by atoms with van der Waals surface area (Å²) in [7, 11) is 1.64. The SMILES string of the molecule is COCCCNC(=O)CN1CCN(C(=O)c2c(C)nn(-c3ccc(F)cc3)c2C)CC1. The number of carbonyl (C=O) groups excluding carboxylic acids is 2. The number of aryl methyl sites for hydroxylation is 1. The second kappa shape index (κ2) is 10.5. The highest BCUT2D eigenvalue weighted by molar-refractivity contribution is 5.96. The first-order chi connectivity index (χ1) is 14.9. The summed E-state index contributed by atoms with van der Waals surface area (Å²) < 4.78 is 19.9. The zero-order valence-electron chi connectivity index (χ0n) is 18.4. The molecule has 8 nitrogen and oxygen atoms in total. The van der Waals surface area contributed by atoms with Crippen molar-refractivity contribution in [2.75, 3.05) is 53.0 Å². The highest BCUT2D eigenvalue weighted by Gasteiger charge is 2.27. The van der Waals surface area contributed by atoms with Crippen LogP contribution in [0.3, 0.4) is 0 Å². The molecule has 0 atom stereocenters. The van der Waals surface area contributed by atoms with Crippen LogP contribution in [-0.2, 0) is 9.53 Å². The van der Waals surface area contributed by atoms with Crippen LogP contribution >= 0.6 is 0 Å². The third-order valence-electron chi connectivity index (χ3n) is 5.45. The number of carbonyl (C=O) groups is 2. The van der Waals surface area contributed by atoms with Gasteiger partial charge in [0, 0.05) is 46.4 Å². The van der Waals surface area contributed by atoms with Gasteiger partial charge in [0.2, 0.25) is 5.91 Å². The van der Waals surface area contributed by atoms with Crippen molar-refractivity contribution in [1.29, 1.82) is 0 Å². The molecule has 1 fully saturated rings.